The largest absolute Gasteiger partial charge is 0.305 e. The van der Waals surface area contributed by atoms with Gasteiger partial charge in [0.25, 0.3) is 5.78 Å². The van der Waals surface area contributed by atoms with E-state index >= 15 is 0 Å². The number of hydrogen-bond donors (Lipinski definition) is 0. The molecule has 6 heteroatoms. The number of amides is 1. The molecule has 0 spiro atoms. The molecule has 2 aromatic carbocycles. The number of carbonyl (C=O) groups excluding carboxylic acids is 1. The maximum absolute atomic E-state index is 13.2. The molecule has 4 rings (SSSR count). The SMILES string of the molecule is Cc1cccc(N(Cc2nc3nc(C)cc(C)n3n2)C(=O)CCc2ccccc2)c1. The number of rotatable bonds is 6. The van der Waals surface area contributed by atoms with Crippen molar-refractivity contribution in [3.63, 3.8) is 0 Å². The maximum atomic E-state index is 13.2. The van der Waals surface area contributed by atoms with Gasteiger partial charge in [-0.05, 0) is 56.5 Å². The monoisotopic (exact) mass is 399 g/mol. The summed E-state index contributed by atoms with van der Waals surface area (Å²) in [5.74, 6) is 1.18. The number of nitrogens with zero attached hydrogens (tertiary/aromatic N) is 5. The minimum atomic E-state index is 0.0455. The van der Waals surface area contributed by atoms with Gasteiger partial charge in [0, 0.05) is 23.5 Å². The normalized spacial score (nSPS) is 11.0. The lowest BCUT2D eigenvalue weighted by Gasteiger charge is -2.22. The summed E-state index contributed by atoms with van der Waals surface area (Å²) in [4.78, 5) is 24.0. The Kier molecular flexibility index (Phi) is 5.57. The topological polar surface area (TPSA) is 63.4 Å². The van der Waals surface area contributed by atoms with E-state index in [4.69, 9.17) is 0 Å². The van der Waals surface area contributed by atoms with Crippen LogP contribution in [0.4, 0.5) is 5.69 Å². The van der Waals surface area contributed by atoms with Crippen molar-refractivity contribution in [1.29, 1.82) is 0 Å². The fourth-order valence-corrected chi connectivity index (χ4v) is 3.57. The van der Waals surface area contributed by atoms with Crippen molar-refractivity contribution in [2.75, 3.05) is 4.90 Å². The van der Waals surface area contributed by atoms with Crippen LogP contribution in [0.5, 0.6) is 0 Å². The highest BCUT2D eigenvalue weighted by Gasteiger charge is 2.19. The molecule has 0 aliphatic rings. The van der Waals surface area contributed by atoms with Crippen molar-refractivity contribution < 1.29 is 4.79 Å². The maximum Gasteiger partial charge on any atom is 0.252 e. The van der Waals surface area contributed by atoms with E-state index in [2.05, 4.69) is 15.1 Å². The predicted molar refractivity (Wildman–Crippen MR) is 117 cm³/mol. The van der Waals surface area contributed by atoms with Crippen LogP contribution in [0.15, 0.2) is 60.7 Å². The summed E-state index contributed by atoms with van der Waals surface area (Å²) in [7, 11) is 0. The van der Waals surface area contributed by atoms with Gasteiger partial charge < -0.3 is 4.90 Å². The summed E-state index contributed by atoms with van der Waals surface area (Å²) in [6.07, 6.45) is 1.11. The Morgan fingerprint density at radius 3 is 2.53 bits per heavy atom. The minimum Gasteiger partial charge on any atom is -0.305 e. The third kappa shape index (κ3) is 4.38. The number of anilines is 1. The van der Waals surface area contributed by atoms with Gasteiger partial charge in [0.1, 0.15) is 0 Å². The van der Waals surface area contributed by atoms with Crippen LogP contribution in [0, 0.1) is 20.8 Å². The minimum absolute atomic E-state index is 0.0455. The van der Waals surface area contributed by atoms with Crippen LogP contribution in [0.25, 0.3) is 5.78 Å². The van der Waals surface area contributed by atoms with E-state index in [-0.39, 0.29) is 5.91 Å². The molecule has 152 valence electrons. The van der Waals surface area contributed by atoms with E-state index < -0.39 is 0 Å². The summed E-state index contributed by atoms with van der Waals surface area (Å²) in [5.41, 5.74) is 4.97. The second-order valence-corrected chi connectivity index (χ2v) is 7.58. The van der Waals surface area contributed by atoms with Crippen molar-refractivity contribution in [3.8, 4) is 0 Å². The number of hydrogen-bond acceptors (Lipinski definition) is 4. The van der Waals surface area contributed by atoms with Crippen molar-refractivity contribution in [2.45, 2.75) is 40.2 Å². The van der Waals surface area contributed by atoms with Gasteiger partial charge in [-0.25, -0.2) is 9.50 Å². The number of fused-ring (bicyclic) bond motifs is 1. The van der Waals surface area contributed by atoms with Crippen LogP contribution in [0.1, 0.15) is 34.8 Å². The number of carbonyl (C=O) groups is 1. The highest BCUT2D eigenvalue weighted by Crippen LogP contribution is 2.20. The summed E-state index contributed by atoms with van der Waals surface area (Å²) in [6, 6.07) is 20.0. The lowest BCUT2D eigenvalue weighted by Crippen LogP contribution is -2.31. The molecule has 0 saturated carbocycles. The Morgan fingerprint density at radius 1 is 0.967 bits per heavy atom. The van der Waals surface area contributed by atoms with Crippen LogP contribution in [-0.4, -0.2) is 25.5 Å². The Hall–Kier alpha value is -3.54. The molecule has 6 nitrogen and oxygen atoms in total. The highest BCUT2D eigenvalue weighted by atomic mass is 16.2. The van der Waals surface area contributed by atoms with Gasteiger partial charge in [-0.1, -0.05) is 42.5 Å². The fourth-order valence-electron chi connectivity index (χ4n) is 3.57. The highest BCUT2D eigenvalue weighted by molar-refractivity contribution is 5.93. The van der Waals surface area contributed by atoms with Crippen molar-refractivity contribution in [3.05, 3.63) is 89.0 Å². The average molecular weight is 399 g/mol. The molecule has 0 saturated heterocycles. The molecule has 0 N–H and O–H groups in total. The molecule has 0 aliphatic heterocycles. The Morgan fingerprint density at radius 2 is 1.77 bits per heavy atom. The first-order valence-corrected chi connectivity index (χ1v) is 10.1. The van der Waals surface area contributed by atoms with Gasteiger partial charge in [0.2, 0.25) is 5.91 Å². The van der Waals surface area contributed by atoms with Gasteiger partial charge in [0.05, 0.1) is 6.54 Å². The fraction of sp³-hybridized carbons (Fsp3) is 0.250. The summed E-state index contributed by atoms with van der Waals surface area (Å²) in [5, 5.41) is 4.59. The van der Waals surface area contributed by atoms with Crippen molar-refractivity contribution >= 4 is 17.4 Å². The third-order valence-corrected chi connectivity index (χ3v) is 5.05. The average Bonchev–Trinajstić information content (AvgIpc) is 3.14. The molecule has 2 aromatic heterocycles. The lowest BCUT2D eigenvalue weighted by molar-refractivity contribution is -0.118. The Bertz CT molecular complexity index is 1180. The van der Waals surface area contributed by atoms with E-state index in [9.17, 15) is 4.79 Å². The predicted octanol–water partition coefficient (Wildman–Crippen LogP) is 4.22. The molecule has 1 amide bonds. The second kappa shape index (κ2) is 8.45. The third-order valence-electron chi connectivity index (χ3n) is 5.05. The molecule has 0 fully saturated rings. The molecule has 0 aliphatic carbocycles. The molecule has 0 radical (unpaired) electrons. The first-order chi connectivity index (χ1) is 14.5. The molecular weight excluding hydrogens is 374 g/mol. The molecule has 0 unspecified atom stereocenters. The van der Waals surface area contributed by atoms with Gasteiger partial charge in [-0.2, -0.15) is 4.98 Å². The van der Waals surface area contributed by atoms with E-state index in [1.54, 1.807) is 9.42 Å². The molecule has 0 atom stereocenters. The first kappa shape index (κ1) is 19.8. The Balaban J connectivity index is 1.62. The quantitative estimate of drug-likeness (QED) is 0.487. The number of aryl methyl sites for hydroxylation is 4. The molecule has 0 bridgehead atoms. The standard InChI is InChI=1S/C24H25N5O/c1-17-8-7-11-21(14-17)28(23(30)13-12-20-9-5-4-6-10-20)16-22-26-24-25-18(2)15-19(3)29(24)27-22/h4-11,14-15H,12-13,16H2,1-3H3. The van der Waals surface area contributed by atoms with Gasteiger partial charge in [0.15, 0.2) is 5.82 Å². The molecule has 30 heavy (non-hydrogen) atoms. The zero-order valence-corrected chi connectivity index (χ0v) is 17.5. The van der Waals surface area contributed by atoms with Crippen LogP contribution in [-0.2, 0) is 17.8 Å². The van der Waals surface area contributed by atoms with E-state index in [0.717, 1.165) is 28.2 Å². The molecular formula is C24H25N5O. The smallest absolute Gasteiger partial charge is 0.252 e. The van der Waals surface area contributed by atoms with Crippen LogP contribution in [0.3, 0.4) is 0 Å². The summed E-state index contributed by atoms with van der Waals surface area (Å²) < 4.78 is 1.73. The van der Waals surface area contributed by atoms with Gasteiger partial charge >= 0.3 is 0 Å². The van der Waals surface area contributed by atoms with Gasteiger partial charge in [-0.3, -0.25) is 4.79 Å². The van der Waals surface area contributed by atoms with E-state index in [1.165, 1.54) is 0 Å². The summed E-state index contributed by atoms with van der Waals surface area (Å²) >= 11 is 0. The number of aromatic nitrogens is 4. The Labute approximate surface area is 176 Å². The van der Waals surface area contributed by atoms with E-state index in [1.807, 2.05) is 81.4 Å². The van der Waals surface area contributed by atoms with E-state index in [0.29, 0.717) is 31.0 Å². The van der Waals surface area contributed by atoms with Crippen LogP contribution in [0.2, 0.25) is 0 Å². The zero-order chi connectivity index (χ0) is 21.1. The number of benzene rings is 2. The first-order valence-electron chi connectivity index (χ1n) is 10.1. The summed E-state index contributed by atoms with van der Waals surface area (Å²) in [6.45, 7) is 6.24. The van der Waals surface area contributed by atoms with Crippen molar-refractivity contribution in [2.24, 2.45) is 0 Å². The molecule has 2 heterocycles. The molecule has 4 aromatic rings. The van der Waals surface area contributed by atoms with Gasteiger partial charge in [-0.15, -0.1) is 5.10 Å². The van der Waals surface area contributed by atoms with Crippen LogP contribution < -0.4 is 4.90 Å². The zero-order valence-electron chi connectivity index (χ0n) is 17.5. The lowest BCUT2D eigenvalue weighted by atomic mass is 10.1. The van der Waals surface area contributed by atoms with Crippen molar-refractivity contribution in [1.82, 2.24) is 19.6 Å². The van der Waals surface area contributed by atoms with Crippen LogP contribution >= 0.6 is 0 Å². The second-order valence-electron chi connectivity index (χ2n) is 7.58.